The molecule has 2 nitrogen and oxygen atoms in total. The average molecular weight is 374 g/mol. The van der Waals surface area contributed by atoms with E-state index in [1.807, 2.05) is 17.7 Å². The molecule has 2 aromatic rings. The van der Waals surface area contributed by atoms with Crippen LogP contribution >= 0.6 is 27.5 Å². The van der Waals surface area contributed by atoms with E-state index in [1.165, 1.54) is 6.07 Å². The Morgan fingerprint density at radius 3 is 2.57 bits per heavy atom. The van der Waals surface area contributed by atoms with E-state index >= 15 is 0 Å². The first-order valence-corrected chi connectivity index (χ1v) is 8.37. The summed E-state index contributed by atoms with van der Waals surface area (Å²) in [4.78, 5) is 0. The molecule has 1 atom stereocenters. The molecule has 0 bridgehead atoms. The molecule has 2 rings (SSSR count). The maximum atomic E-state index is 14.0. The fraction of sp³-hybridized carbons (Fsp3) is 0.438. The van der Waals surface area contributed by atoms with Crippen LogP contribution in [-0.2, 0) is 19.4 Å². The van der Waals surface area contributed by atoms with Crippen molar-refractivity contribution in [1.29, 1.82) is 0 Å². The first kappa shape index (κ1) is 16.5. The van der Waals surface area contributed by atoms with Crippen molar-refractivity contribution in [3.8, 4) is 0 Å². The summed E-state index contributed by atoms with van der Waals surface area (Å²) in [6, 6.07) is 5.12. The van der Waals surface area contributed by atoms with Crippen LogP contribution in [0.15, 0.2) is 22.7 Å². The quantitative estimate of drug-likeness (QED) is 0.654. The first-order valence-electron chi connectivity index (χ1n) is 7.14. The molecule has 0 spiro atoms. The van der Waals surface area contributed by atoms with E-state index in [2.05, 4.69) is 34.9 Å². The highest BCUT2D eigenvalue weighted by molar-refractivity contribution is 9.10. The highest BCUT2D eigenvalue weighted by Gasteiger charge is 2.19. The van der Waals surface area contributed by atoms with E-state index in [9.17, 15) is 4.39 Å². The predicted octanol–water partition coefficient (Wildman–Crippen LogP) is 5.26. The zero-order valence-corrected chi connectivity index (χ0v) is 14.8. The second-order valence-electron chi connectivity index (χ2n) is 5.02. The molecule has 0 radical (unpaired) electrons. The molecule has 0 N–H and O–H groups in total. The van der Waals surface area contributed by atoms with Gasteiger partial charge in [-0.3, -0.25) is 4.68 Å². The molecule has 1 unspecified atom stereocenters. The fourth-order valence-electron chi connectivity index (χ4n) is 2.60. The molecule has 1 heterocycles. The van der Waals surface area contributed by atoms with Crippen molar-refractivity contribution >= 4 is 27.5 Å². The molecule has 0 aliphatic carbocycles. The smallest absolute Gasteiger partial charge is 0.129 e. The molecule has 0 saturated heterocycles. The molecule has 1 aromatic carbocycles. The Morgan fingerprint density at radius 2 is 2.05 bits per heavy atom. The number of aromatic nitrogens is 2. The van der Waals surface area contributed by atoms with Crippen LogP contribution in [0.5, 0.6) is 0 Å². The summed E-state index contributed by atoms with van der Waals surface area (Å²) in [6.07, 6.45) is 1.66. The number of hydrogen-bond acceptors (Lipinski definition) is 1. The number of rotatable bonds is 5. The molecule has 0 saturated carbocycles. The van der Waals surface area contributed by atoms with E-state index in [-0.39, 0.29) is 11.2 Å². The van der Waals surface area contributed by atoms with Crippen molar-refractivity contribution in [3.63, 3.8) is 0 Å². The van der Waals surface area contributed by atoms with Gasteiger partial charge in [0.15, 0.2) is 0 Å². The molecule has 0 amide bonds. The van der Waals surface area contributed by atoms with Crippen molar-refractivity contribution < 1.29 is 4.39 Å². The van der Waals surface area contributed by atoms with Crippen LogP contribution in [0.2, 0.25) is 0 Å². The maximum Gasteiger partial charge on any atom is 0.129 e. The zero-order chi connectivity index (χ0) is 15.6. The van der Waals surface area contributed by atoms with Gasteiger partial charge in [0, 0.05) is 21.3 Å². The van der Waals surface area contributed by atoms with Gasteiger partial charge in [-0.05, 0) is 31.9 Å². The van der Waals surface area contributed by atoms with E-state index < -0.39 is 0 Å². The van der Waals surface area contributed by atoms with Crippen molar-refractivity contribution in [2.45, 2.75) is 45.5 Å². The Kier molecular flexibility index (Phi) is 5.44. The summed E-state index contributed by atoms with van der Waals surface area (Å²) in [6.45, 7) is 6.53. The number of halogens is 3. The second-order valence-corrected chi connectivity index (χ2v) is 6.59. The Balaban J connectivity index is 2.44. The molecule has 1 aromatic heterocycles. The van der Waals surface area contributed by atoms with Crippen molar-refractivity contribution in [3.05, 3.63) is 51.0 Å². The highest BCUT2D eigenvalue weighted by atomic mass is 79.9. The number of aryl methyl sites for hydroxylation is 1. The largest absolute Gasteiger partial charge is 0.264 e. The van der Waals surface area contributed by atoms with Crippen LogP contribution in [0.4, 0.5) is 4.39 Å². The average Bonchev–Trinajstić information content (AvgIpc) is 2.79. The molecule has 0 fully saturated rings. The third-order valence-electron chi connectivity index (χ3n) is 3.58. The van der Waals surface area contributed by atoms with E-state index in [4.69, 9.17) is 11.6 Å². The first-order chi connectivity index (χ1) is 9.97. The van der Waals surface area contributed by atoms with Gasteiger partial charge < -0.3 is 0 Å². The Morgan fingerprint density at radius 1 is 1.33 bits per heavy atom. The normalized spacial score (nSPS) is 12.7. The summed E-state index contributed by atoms with van der Waals surface area (Å²) in [5.41, 5.74) is 3.83. The molecular weight excluding hydrogens is 355 g/mol. The molecule has 114 valence electrons. The van der Waals surface area contributed by atoms with Gasteiger partial charge in [0.2, 0.25) is 0 Å². The number of benzene rings is 1. The number of alkyl halides is 1. The van der Waals surface area contributed by atoms with Crippen molar-refractivity contribution in [1.82, 2.24) is 9.78 Å². The minimum Gasteiger partial charge on any atom is -0.264 e. The summed E-state index contributed by atoms with van der Waals surface area (Å²) < 4.78 is 16.7. The summed E-state index contributed by atoms with van der Waals surface area (Å²) in [5, 5.41) is 4.55. The predicted molar refractivity (Wildman–Crippen MR) is 88.5 cm³/mol. The second kappa shape index (κ2) is 6.93. The minimum absolute atomic E-state index is 0.0848. The van der Waals surface area contributed by atoms with Gasteiger partial charge in [-0.15, -0.1) is 11.6 Å². The summed E-state index contributed by atoms with van der Waals surface area (Å²) in [7, 11) is 0. The van der Waals surface area contributed by atoms with Gasteiger partial charge in [-0.25, -0.2) is 4.39 Å². The van der Waals surface area contributed by atoms with E-state index in [0.717, 1.165) is 34.3 Å². The SMILES string of the molecule is CCc1nn(Cc2ccc(Br)cc2F)c(CC)c1C(C)Cl. The topological polar surface area (TPSA) is 17.8 Å². The molecule has 21 heavy (non-hydrogen) atoms. The lowest BCUT2D eigenvalue weighted by molar-refractivity contribution is 0.572. The summed E-state index contributed by atoms with van der Waals surface area (Å²) in [5.74, 6) is -0.222. The lowest BCUT2D eigenvalue weighted by Gasteiger charge is -2.10. The maximum absolute atomic E-state index is 14.0. The lowest BCUT2D eigenvalue weighted by atomic mass is 10.1. The van der Waals surface area contributed by atoms with Crippen LogP contribution in [0.3, 0.4) is 0 Å². The number of hydrogen-bond donors (Lipinski definition) is 0. The molecule has 0 aliphatic rings. The van der Waals surface area contributed by atoms with Crippen LogP contribution in [0.25, 0.3) is 0 Å². The number of nitrogens with zero attached hydrogens (tertiary/aromatic N) is 2. The lowest BCUT2D eigenvalue weighted by Crippen LogP contribution is -2.08. The van der Waals surface area contributed by atoms with Crippen LogP contribution in [0, 0.1) is 5.82 Å². The third kappa shape index (κ3) is 3.49. The summed E-state index contributed by atoms with van der Waals surface area (Å²) >= 11 is 9.58. The standard InChI is InChI=1S/C16H19BrClFN2/c1-4-14-16(10(3)18)15(5-2)21(20-14)9-11-6-7-12(17)8-13(11)19/h6-8,10H,4-5,9H2,1-3H3. The molecule has 5 heteroatoms. The van der Waals surface area contributed by atoms with Gasteiger partial charge >= 0.3 is 0 Å². The van der Waals surface area contributed by atoms with Gasteiger partial charge in [-0.2, -0.15) is 5.10 Å². The Labute approximate surface area is 138 Å². The van der Waals surface area contributed by atoms with Crippen LogP contribution < -0.4 is 0 Å². The van der Waals surface area contributed by atoms with Gasteiger partial charge in [0.05, 0.1) is 17.6 Å². The Hall–Kier alpha value is -0.870. The molecule has 0 aliphatic heterocycles. The molecular formula is C16H19BrClFN2. The van der Waals surface area contributed by atoms with E-state index in [1.54, 1.807) is 6.07 Å². The zero-order valence-electron chi connectivity index (χ0n) is 12.5. The van der Waals surface area contributed by atoms with Gasteiger partial charge in [0.25, 0.3) is 0 Å². The van der Waals surface area contributed by atoms with Gasteiger partial charge in [0.1, 0.15) is 5.82 Å². The minimum atomic E-state index is -0.222. The Bertz CT molecular complexity index is 637. The van der Waals surface area contributed by atoms with Crippen molar-refractivity contribution in [2.75, 3.05) is 0 Å². The monoisotopic (exact) mass is 372 g/mol. The van der Waals surface area contributed by atoms with Crippen LogP contribution in [-0.4, -0.2) is 9.78 Å². The highest BCUT2D eigenvalue weighted by Crippen LogP contribution is 2.29. The van der Waals surface area contributed by atoms with Gasteiger partial charge in [-0.1, -0.05) is 35.8 Å². The van der Waals surface area contributed by atoms with Crippen LogP contribution in [0.1, 0.15) is 48.7 Å². The third-order valence-corrected chi connectivity index (χ3v) is 4.29. The van der Waals surface area contributed by atoms with E-state index in [0.29, 0.717) is 12.1 Å². The fourth-order valence-corrected chi connectivity index (χ4v) is 3.19. The van der Waals surface area contributed by atoms with Crippen molar-refractivity contribution in [2.24, 2.45) is 0 Å².